The Balaban J connectivity index is 1.42. The van der Waals surface area contributed by atoms with Gasteiger partial charge in [0, 0.05) is 32.9 Å². The zero-order chi connectivity index (χ0) is 26.7. The fourth-order valence-corrected chi connectivity index (χ4v) is 5.01. The van der Waals surface area contributed by atoms with Crippen molar-refractivity contribution in [2.45, 2.75) is 18.6 Å². The molecule has 2 aliphatic rings. The quantitative estimate of drug-likeness (QED) is 0.325. The standard InChI is InChI=1S/C24H22F3N9O2/c1-29-23-19(12-5-30-6-15-18(12)31-9-35(15)2)33-20(22(28)37)24(34-23)32-14-4-13(25)21(17(27)16(14)26)36-7-11-3-10(36)8-38-11/h4-6,9-11H,3,7-8H2,1-2H3,(H2,28,37)(H2,29,32,34)/t10-,11-/m0/s1. The van der Waals surface area contributed by atoms with Crippen molar-refractivity contribution < 1.29 is 22.7 Å². The van der Waals surface area contributed by atoms with Gasteiger partial charge in [0.2, 0.25) is 0 Å². The van der Waals surface area contributed by atoms with Gasteiger partial charge in [-0.15, -0.1) is 0 Å². The number of anilines is 4. The molecule has 1 aromatic carbocycles. The number of carbonyl (C=O) groups excluding carboxylic acids is 1. The number of benzene rings is 1. The number of aromatic nitrogens is 5. The Labute approximate surface area is 213 Å². The third kappa shape index (κ3) is 3.67. The minimum atomic E-state index is -1.35. The van der Waals surface area contributed by atoms with E-state index in [0.717, 1.165) is 6.07 Å². The summed E-state index contributed by atoms with van der Waals surface area (Å²) >= 11 is 0. The van der Waals surface area contributed by atoms with Gasteiger partial charge in [-0.25, -0.2) is 28.1 Å². The molecule has 0 aliphatic carbocycles. The van der Waals surface area contributed by atoms with Gasteiger partial charge in [0.05, 0.1) is 48.0 Å². The van der Waals surface area contributed by atoms with Gasteiger partial charge in [-0.2, -0.15) is 0 Å². The van der Waals surface area contributed by atoms with Crippen LogP contribution in [-0.4, -0.2) is 62.8 Å². The van der Waals surface area contributed by atoms with Crippen molar-refractivity contribution in [1.82, 2.24) is 24.5 Å². The van der Waals surface area contributed by atoms with Crippen LogP contribution < -0.4 is 21.3 Å². The van der Waals surface area contributed by atoms with Gasteiger partial charge in [0.25, 0.3) is 5.91 Å². The third-order valence-corrected chi connectivity index (χ3v) is 6.83. The molecular formula is C24H22F3N9O2. The zero-order valence-corrected chi connectivity index (χ0v) is 20.3. The summed E-state index contributed by atoms with van der Waals surface area (Å²) < 4.78 is 52.7. The first-order valence-corrected chi connectivity index (χ1v) is 11.7. The third-order valence-electron chi connectivity index (χ3n) is 6.83. The van der Waals surface area contributed by atoms with Crippen LogP contribution in [0.15, 0.2) is 24.8 Å². The predicted molar refractivity (Wildman–Crippen MR) is 133 cm³/mol. The number of imidazole rings is 1. The van der Waals surface area contributed by atoms with Gasteiger partial charge < -0.3 is 30.6 Å². The molecule has 0 radical (unpaired) electrons. The summed E-state index contributed by atoms with van der Waals surface area (Å²) in [4.78, 5) is 31.1. The molecule has 5 heterocycles. The van der Waals surface area contributed by atoms with Gasteiger partial charge in [0.15, 0.2) is 34.8 Å². The Bertz CT molecular complexity index is 1610. The van der Waals surface area contributed by atoms with Gasteiger partial charge in [-0.3, -0.25) is 9.78 Å². The first-order chi connectivity index (χ1) is 18.3. The minimum Gasteiger partial charge on any atom is -0.374 e. The molecule has 0 unspecified atom stereocenters. The Morgan fingerprint density at radius 2 is 2.00 bits per heavy atom. The molecular weight excluding hydrogens is 503 g/mol. The second-order valence-electron chi connectivity index (χ2n) is 9.15. The van der Waals surface area contributed by atoms with Gasteiger partial charge in [0.1, 0.15) is 16.9 Å². The topological polar surface area (TPSA) is 136 Å². The smallest absolute Gasteiger partial charge is 0.271 e. The highest BCUT2D eigenvalue weighted by Gasteiger charge is 2.42. The number of primary amides is 1. The van der Waals surface area contributed by atoms with Gasteiger partial charge in [-0.05, 0) is 6.42 Å². The summed E-state index contributed by atoms with van der Waals surface area (Å²) in [7, 11) is 3.36. The number of aryl methyl sites for hydroxylation is 1. The molecule has 2 bridgehead atoms. The largest absolute Gasteiger partial charge is 0.374 e. The van der Waals surface area contributed by atoms with Crippen molar-refractivity contribution >= 4 is 40.0 Å². The Morgan fingerprint density at radius 1 is 1.18 bits per heavy atom. The van der Waals surface area contributed by atoms with Crippen LogP contribution in [-0.2, 0) is 11.8 Å². The molecule has 4 aromatic rings. The number of pyridine rings is 1. The normalized spacial score (nSPS) is 18.4. The fraction of sp³-hybridized carbons (Fsp3) is 0.292. The average Bonchev–Trinajstić information content (AvgIpc) is 3.63. The number of nitrogens with one attached hydrogen (secondary N) is 2. The maximum atomic E-state index is 15.2. The van der Waals surface area contributed by atoms with Crippen molar-refractivity contribution in [3.63, 3.8) is 0 Å². The summed E-state index contributed by atoms with van der Waals surface area (Å²) in [5, 5.41) is 5.37. The van der Waals surface area contributed by atoms with E-state index in [-0.39, 0.29) is 41.7 Å². The molecule has 6 rings (SSSR count). The second kappa shape index (κ2) is 8.83. The summed E-state index contributed by atoms with van der Waals surface area (Å²) in [5.74, 6) is -4.76. The molecule has 11 nitrogen and oxygen atoms in total. The summed E-state index contributed by atoms with van der Waals surface area (Å²) in [5.41, 5.74) is 6.11. The first kappa shape index (κ1) is 23.9. The number of fused-ring (bicyclic) bond motifs is 3. The highest BCUT2D eigenvalue weighted by molar-refractivity contribution is 5.99. The van der Waals surface area contributed by atoms with E-state index in [9.17, 15) is 4.79 Å². The van der Waals surface area contributed by atoms with Crippen LogP contribution in [0.5, 0.6) is 0 Å². The lowest BCUT2D eigenvalue weighted by Crippen LogP contribution is -2.38. The van der Waals surface area contributed by atoms with E-state index in [0.29, 0.717) is 29.6 Å². The van der Waals surface area contributed by atoms with Crippen molar-refractivity contribution in [3.8, 4) is 11.3 Å². The summed E-state index contributed by atoms with van der Waals surface area (Å²) in [6, 6.07) is 0.594. The van der Waals surface area contributed by atoms with E-state index in [2.05, 4.69) is 30.6 Å². The fourth-order valence-electron chi connectivity index (χ4n) is 5.01. The van der Waals surface area contributed by atoms with Crippen molar-refractivity contribution in [2.75, 3.05) is 35.7 Å². The molecule has 0 saturated carbocycles. The van der Waals surface area contributed by atoms with E-state index < -0.39 is 34.7 Å². The number of hydrogen-bond acceptors (Lipinski definition) is 9. The number of hydrogen-bond donors (Lipinski definition) is 3. The number of amides is 1. The van der Waals surface area contributed by atoms with Crippen molar-refractivity contribution in [3.05, 3.63) is 47.9 Å². The van der Waals surface area contributed by atoms with E-state index in [1.165, 1.54) is 11.1 Å². The van der Waals surface area contributed by atoms with Crippen molar-refractivity contribution in [1.29, 1.82) is 0 Å². The molecule has 196 valence electrons. The molecule has 2 saturated heterocycles. The lowest BCUT2D eigenvalue weighted by molar-refractivity contribution is 0.0985. The van der Waals surface area contributed by atoms with Crippen LogP contribution in [0.25, 0.3) is 22.3 Å². The van der Waals surface area contributed by atoms with Crippen LogP contribution in [0.1, 0.15) is 16.9 Å². The lowest BCUT2D eigenvalue weighted by Gasteiger charge is -2.30. The van der Waals surface area contributed by atoms with Gasteiger partial charge in [-0.1, -0.05) is 0 Å². The molecule has 2 fully saturated rings. The Morgan fingerprint density at radius 3 is 2.68 bits per heavy atom. The second-order valence-corrected chi connectivity index (χ2v) is 9.15. The van der Waals surface area contributed by atoms with Gasteiger partial charge >= 0.3 is 0 Å². The number of halogens is 3. The Kier molecular flexibility index (Phi) is 5.56. The van der Waals surface area contributed by atoms with E-state index in [4.69, 9.17) is 10.5 Å². The molecule has 4 N–H and O–H groups in total. The average molecular weight is 525 g/mol. The molecule has 0 spiro atoms. The molecule has 2 atom stereocenters. The number of nitrogens with zero attached hydrogens (tertiary/aromatic N) is 6. The van der Waals surface area contributed by atoms with Crippen LogP contribution >= 0.6 is 0 Å². The highest BCUT2D eigenvalue weighted by atomic mass is 19.2. The van der Waals surface area contributed by atoms with E-state index >= 15 is 13.2 Å². The predicted octanol–water partition coefficient (Wildman–Crippen LogP) is 2.70. The molecule has 1 amide bonds. The summed E-state index contributed by atoms with van der Waals surface area (Å²) in [6.07, 6.45) is 5.22. The minimum absolute atomic E-state index is 0.140. The number of nitrogens with two attached hydrogens (primary N) is 1. The maximum absolute atomic E-state index is 15.2. The number of carbonyl (C=O) groups is 1. The monoisotopic (exact) mass is 525 g/mol. The Hall–Kier alpha value is -4.46. The van der Waals surface area contributed by atoms with Crippen LogP contribution in [0, 0.1) is 17.5 Å². The number of ether oxygens (including phenoxy) is 1. The summed E-state index contributed by atoms with van der Waals surface area (Å²) in [6.45, 7) is 0.594. The molecule has 2 aliphatic heterocycles. The van der Waals surface area contributed by atoms with Crippen LogP contribution in [0.3, 0.4) is 0 Å². The lowest BCUT2D eigenvalue weighted by atomic mass is 10.1. The highest BCUT2D eigenvalue weighted by Crippen LogP contribution is 2.39. The molecule has 38 heavy (non-hydrogen) atoms. The number of rotatable bonds is 6. The van der Waals surface area contributed by atoms with E-state index in [1.807, 2.05) is 0 Å². The van der Waals surface area contributed by atoms with Crippen LogP contribution in [0.2, 0.25) is 0 Å². The molecule has 14 heteroatoms. The number of morpholine rings is 1. The van der Waals surface area contributed by atoms with E-state index in [1.54, 1.807) is 31.2 Å². The SMILES string of the molecule is CNc1nc(Nc2cc(F)c(N3C[C@@H]4C[C@H]3CO4)c(F)c2F)c(C(N)=O)nc1-c1cncc2c1ncn2C. The first-order valence-electron chi connectivity index (χ1n) is 11.7. The molecule has 3 aromatic heterocycles. The maximum Gasteiger partial charge on any atom is 0.271 e. The van der Waals surface area contributed by atoms with Crippen LogP contribution in [0.4, 0.5) is 36.2 Å². The van der Waals surface area contributed by atoms with Crippen molar-refractivity contribution in [2.24, 2.45) is 12.8 Å². The zero-order valence-electron chi connectivity index (χ0n) is 20.3.